The summed E-state index contributed by atoms with van der Waals surface area (Å²) in [5.74, 6) is 0. The standard InChI is InChI=1S/C10H7ClN2O2/c11-8-1-2-9(7(5-8)6-12)13-3-4-15-10(13)14/h1-2,5H,3-4H2. The van der Waals surface area contributed by atoms with Crippen LogP contribution in [0.2, 0.25) is 5.02 Å². The van der Waals surface area contributed by atoms with Crippen molar-refractivity contribution in [3.8, 4) is 6.07 Å². The maximum atomic E-state index is 11.3. The molecule has 0 aliphatic carbocycles. The van der Waals surface area contributed by atoms with Gasteiger partial charge < -0.3 is 4.74 Å². The monoisotopic (exact) mass is 222 g/mol. The van der Waals surface area contributed by atoms with Crippen molar-refractivity contribution in [3.05, 3.63) is 28.8 Å². The van der Waals surface area contributed by atoms with Crippen molar-refractivity contribution in [1.82, 2.24) is 0 Å². The highest BCUT2D eigenvalue weighted by Gasteiger charge is 2.25. The fourth-order valence-corrected chi connectivity index (χ4v) is 1.62. The van der Waals surface area contributed by atoms with Crippen LogP contribution in [0.3, 0.4) is 0 Å². The molecule has 0 bridgehead atoms. The van der Waals surface area contributed by atoms with Crippen molar-refractivity contribution >= 4 is 23.4 Å². The molecule has 1 fully saturated rings. The number of hydrogen-bond acceptors (Lipinski definition) is 3. The Morgan fingerprint density at radius 1 is 1.53 bits per heavy atom. The molecule has 0 unspecified atom stereocenters. The van der Waals surface area contributed by atoms with Gasteiger partial charge in [0.25, 0.3) is 0 Å². The van der Waals surface area contributed by atoms with Gasteiger partial charge in [-0.15, -0.1) is 0 Å². The summed E-state index contributed by atoms with van der Waals surface area (Å²) < 4.78 is 4.79. The van der Waals surface area contributed by atoms with Gasteiger partial charge in [0.05, 0.1) is 17.8 Å². The molecule has 15 heavy (non-hydrogen) atoms. The number of carbonyl (C=O) groups is 1. The van der Waals surface area contributed by atoms with Gasteiger partial charge >= 0.3 is 6.09 Å². The minimum Gasteiger partial charge on any atom is -0.447 e. The van der Waals surface area contributed by atoms with Crippen LogP contribution >= 0.6 is 11.6 Å². The predicted octanol–water partition coefficient (Wildman–Crippen LogP) is 2.17. The van der Waals surface area contributed by atoms with E-state index in [2.05, 4.69) is 0 Å². The van der Waals surface area contributed by atoms with Gasteiger partial charge in [-0.25, -0.2) is 4.79 Å². The van der Waals surface area contributed by atoms with E-state index in [0.717, 1.165) is 0 Å². The first-order chi connectivity index (χ1) is 7.22. The smallest absolute Gasteiger partial charge is 0.414 e. The maximum Gasteiger partial charge on any atom is 0.414 e. The Labute approximate surface area is 91.6 Å². The topological polar surface area (TPSA) is 53.3 Å². The summed E-state index contributed by atoms with van der Waals surface area (Å²) >= 11 is 5.75. The molecule has 1 aliphatic heterocycles. The summed E-state index contributed by atoms with van der Waals surface area (Å²) in [4.78, 5) is 12.7. The molecule has 1 aromatic carbocycles. The third-order valence-corrected chi connectivity index (χ3v) is 2.37. The highest BCUT2D eigenvalue weighted by Crippen LogP contribution is 2.25. The average Bonchev–Trinajstić information content (AvgIpc) is 2.64. The van der Waals surface area contributed by atoms with Crippen molar-refractivity contribution in [1.29, 1.82) is 5.26 Å². The van der Waals surface area contributed by atoms with Gasteiger partial charge in [0.1, 0.15) is 12.7 Å². The molecule has 0 N–H and O–H groups in total. The Morgan fingerprint density at radius 3 is 2.93 bits per heavy atom. The summed E-state index contributed by atoms with van der Waals surface area (Å²) in [6.07, 6.45) is -0.422. The lowest BCUT2D eigenvalue weighted by molar-refractivity contribution is 0.181. The molecule has 4 nitrogen and oxygen atoms in total. The molecule has 1 aromatic rings. The molecule has 1 amide bonds. The molecular weight excluding hydrogens is 216 g/mol. The number of hydrogen-bond donors (Lipinski definition) is 0. The molecule has 76 valence electrons. The van der Waals surface area contributed by atoms with Crippen LogP contribution in [0.4, 0.5) is 10.5 Å². The Morgan fingerprint density at radius 2 is 2.33 bits per heavy atom. The number of carbonyl (C=O) groups excluding carboxylic acids is 1. The second kappa shape index (κ2) is 3.79. The molecule has 0 aromatic heterocycles. The van der Waals surface area contributed by atoms with Gasteiger partial charge in [-0.2, -0.15) is 5.26 Å². The zero-order chi connectivity index (χ0) is 10.8. The lowest BCUT2D eigenvalue weighted by Crippen LogP contribution is -2.24. The van der Waals surface area contributed by atoms with Gasteiger partial charge in [-0.05, 0) is 18.2 Å². The molecule has 2 rings (SSSR count). The first kappa shape index (κ1) is 9.81. The van der Waals surface area contributed by atoms with E-state index in [4.69, 9.17) is 21.6 Å². The largest absolute Gasteiger partial charge is 0.447 e. The first-order valence-corrected chi connectivity index (χ1v) is 4.74. The van der Waals surface area contributed by atoms with E-state index in [1.807, 2.05) is 6.07 Å². The van der Waals surface area contributed by atoms with E-state index in [-0.39, 0.29) is 0 Å². The van der Waals surface area contributed by atoms with Crippen molar-refractivity contribution in [2.24, 2.45) is 0 Å². The zero-order valence-corrected chi connectivity index (χ0v) is 8.49. The summed E-state index contributed by atoms with van der Waals surface area (Å²) in [5, 5.41) is 9.38. The lowest BCUT2D eigenvalue weighted by atomic mass is 10.2. The van der Waals surface area contributed by atoms with E-state index in [1.165, 1.54) is 11.0 Å². The third-order valence-electron chi connectivity index (χ3n) is 2.13. The molecule has 0 spiro atoms. The number of nitrogens with zero attached hydrogens (tertiary/aromatic N) is 2. The van der Waals surface area contributed by atoms with E-state index in [0.29, 0.717) is 29.4 Å². The second-order valence-corrected chi connectivity index (χ2v) is 3.48. The molecule has 5 heteroatoms. The quantitative estimate of drug-likeness (QED) is 0.732. The third kappa shape index (κ3) is 1.74. The van der Waals surface area contributed by atoms with Gasteiger partial charge in [0.2, 0.25) is 0 Å². The van der Waals surface area contributed by atoms with Crippen LogP contribution in [0, 0.1) is 11.3 Å². The minimum atomic E-state index is -0.422. The number of benzene rings is 1. The SMILES string of the molecule is N#Cc1cc(Cl)ccc1N1CCOC1=O. The summed E-state index contributed by atoms with van der Waals surface area (Å²) in [7, 11) is 0. The lowest BCUT2D eigenvalue weighted by Gasteiger charge is -2.13. The molecule has 0 radical (unpaired) electrons. The van der Waals surface area contributed by atoms with Crippen molar-refractivity contribution in [2.45, 2.75) is 0 Å². The van der Waals surface area contributed by atoms with Crippen LogP contribution in [0.1, 0.15) is 5.56 Å². The van der Waals surface area contributed by atoms with Crippen molar-refractivity contribution < 1.29 is 9.53 Å². The highest BCUT2D eigenvalue weighted by atomic mass is 35.5. The van der Waals surface area contributed by atoms with Gasteiger partial charge in [-0.1, -0.05) is 11.6 Å². The first-order valence-electron chi connectivity index (χ1n) is 4.36. The molecular formula is C10H7ClN2O2. The molecule has 0 atom stereocenters. The average molecular weight is 223 g/mol. The fraction of sp³-hybridized carbons (Fsp3) is 0.200. The van der Waals surface area contributed by atoms with Crippen LogP contribution in [0.25, 0.3) is 0 Å². The van der Waals surface area contributed by atoms with Crippen LogP contribution in [0.5, 0.6) is 0 Å². The van der Waals surface area contributed by atoms with Crippen LogP contribution < -0.4 is 4.90 Å². The van der Waals surface area contributed by atoms with E-state index >= 15 is 0 Å². The Balaban J connectivity index is 2.44. The fourth-order valence-electron chi connectivity index (χ4n) is 1.45. The van der Waals surface area contributed by atoms with Crippen molar-refractivity contribution in [3.63, 3.8) is 0 Å². The summed E-state index contributed by atoms with van der Waals surface area (Å²) in [6.45, 7) is 0.821. The van der Waals surface area contributed by atoms with Crippen LogP contribution in [-0.4, -0.2) is 19.2 Å². The number of ether oxygens (including phenoxy) is 1. The van der Waals surface area contributed by atoms with E-state index in [1.54, 1.807) is 12.1 Å². The predicted molar refractivity (Wildman–Crippen MR) is 54.9 cm³/mol. The number of amides is 1. The van der Waals surface area contributed by atoms with Crippen LogP contribution in [-0.2, 0) is 4.74 Å². The second-order valence-electron chi connectivity index (χ2n) is 3.04. The maximum absolute atomic E-state index is 11.3. The Hall–Kier alpha value is -1.73. The normalized spacial score (nSPS) is 14.9. The number of halogens is 1. The number of cyclic esters (lactones) is 1. The highest BCUT2D eigenvalue weighted by molar-refractivity contribution is 6.30. The van der Waals surface area contributed by atoms with Gasteiger partial charge in [-0.3, -0.25) is 4.90 Å². The van der Waals surface area contributed by atoms with Gasteiger partial charge in [0.15, 0.2) is 0 Å². The molecule has 0 saturated carbocycles. The molecule has 1 heterocycles. The van der Waals surface area contributed by atoms with Crippen molar-refractivity contribution in [2.75, 3.05) is 18.1 Å². The molecule has 1 saturated heterocycles. The Bertz CT molecular complexity index is 453. The number of rotatable bonds is 1. The Kier molecular flexibility index (Phi) is 2.48. The van der Waals surface area contributed by atoms with Gasteiger partial charge in [0, 0.05) is 5.02 Å². The number of nitriles is 1. The van der Waals surface area contributed by atoms with Crippen LogP contribution in [0.15, 0.2) is 18.2 Å². The van der Waals surface area contributed by atoms with E-state index in [9.17, 15) is 4.79 Å². The number of anilines is 1. The minimum absolute atomic E-state index is 0.354. The molecule has 1 aliphatic rings. The van der Waals surface area contributed by atoms with E-state index < -0.39 is 6.09 Å². The zero-order valence-electron chi connectivity index (χ0n) is 7.74. The summed E-state index contributed by atoms with van der Waals surface area (Å²) in [6, 6.07) is 6.82. The summed E-state index contributed by atoms with van der Waals surface area (Å²) in [5.41, 5.74) is 0.922.